The Bertz CT molecular complexity index is 1090. The van der Waals surface area contributed by atoms with E-state index in [1.807, 2.05) is 30.3 Å². The number of hydrogen-bond acceptors (Lipinski definition) is 5. The van der Waals surface area contributed by atoms with Gasteiger partial charge in [0.25, 0.3) is 15.9 Å². The van der Waals surface area contributed by atoms with Crippen LogP contribution in [0.5, 0.6) is 0 Å². The lowest BCUT2D eigenvalue weighted by atomic mass is 9.99. The smallest absolute Gasteiger partial charge is 0.271 e. The van der Waals surface area contributed by atoms with Gasteiger partial charge in [0.1, 0.15) is 4.21 Å². The number of thiophene rings is 1. The fourth-order valence-electron chi connectivity index (χ4n) is 3.49. The maximum absolute atomic E-state index is 13.0. The van der Waals surface area contributed by atoms with Crippen LogP contribution in [0, 0.1) is 0 Å². The highest BCUT2D eigenvalue weighted by Gasteiger charge is 2.29. The zero-order chi connectivity index (χ0) is 21.0. The van der Waals surface area contributed by atoms with Crippen LogP contribution < -0.4 is 10.0 Å². The molecule has 1 saturated heterocycles. The maximum Gasteiger partial charge on any atom is 0.271 e. The van der Waals surface area contributed by atoms with Gasteiger partial charge in [-0.05, 0) is 48.1 Å². The van der Waals surface area contributed by atoms with Gasteiger partial charge in [0.2, 0.25) is 0 Å². The first kappa shape index (κ1) is 20.6. The van der Waals surface area contributed by atoms with Crippen LogP contribution in [0.4, 0.5) is 5.69 Å². The molecule has 0 radical (unpaired) electrons. The van der Waals surface area contributed by atoms with Crippen LogP contribution in [-0.2, 0) is 14.8 Å². The average Bonchev–Trinajstić information content (AvgIpc) is 3.47. The molecule has 156 valence electrons. The lowest BCUT2D eigenvalue weighted by Gasteiger charge is -2.25. The van der Waals surface area contributed by atoms with Gasteiger partial charge in [0.15, 0.2) is 0 Å². The van der Waals surface area contributed by atoms with Crippen LogP contribution in [0.25, 0.3) is 0 Å². The monoisotopic (exact) mass is 442 g/mol. The zero-order valence-electron chi connectivity index (χ0n) is 16.2. The molecule has 0 saturated carbocycles. The summed E-state index contributed by atoms with van der Waals surface area (Å²) >= 11 is 1.14. The first-order chi connectivity index (χ1) is 14.5. The number of carbonyl (C=O) groups excluding carboxylic acids is 1. The van der Waals surface area contributed by atoms with E-state index >= 15 is 0 Å². The largest absolute Gasteiger partial charge is 0.376 e. The van der Waals surface area contributed by atoms with Crippen molar-refractivity contribution in [1.29, 1.82) is 0 Å². The van der Waals surface area contributed by atoms with Gasteiger partial charge in [0.05, 0.1) is 12.1 Å². The molecular formula is C22H22N2O4S2. The van der Waals surface area contributed by atoms with Gasteiger partial charge < -0.3 is 10.1 Å². The van der Waals surface area contributed by atoms with Crippen molar-refractivity contribution in [2.45, 2.75) is 29.2 Å². The molecule has 2 heterocycles. The van der Waals surface area contributed by atoms with E-state index in [0.29, 0.717) is 17.9 Å². The van der Waals surface area contributed by atoms with Crippen molar-refractivity contribution < 1.29 is 17.9 Å². The van der Waals surface area contributed by atoms with Crippen molar-refractivity contribution >= 4 is 33.0 Å². The molecule has 0 bridgehead atoms. The first-order valence-corrected chi connectivity index (χ1v) is 12.0. The topological polar surface area (TPSA) is 84.5 Å². The average molecular weight is 443 g/mol. The Morgan fingerprint density at radius 2 is 1.90 bits per heavy atom. The fraction of sp³-hybridized carbons (Fsp3) is 0.227. The van der Waals surface area contributed by atoms with E-state index in [0.717, 1.165) is 29.7 Å². The van der Waals surface area contributed by atoms with Gasteiger partial charge in [0, 0.05) is 17.9 Å². The molecular weight excluding hydrogens is 420 g/mol. The standard InChI is InChI=1S/C22H22N2O4S2/c25-22(23-21(19-11-5-13-28-19)16-7-2-1-3-8-16)17-9-4-10-18(15-17)24-30(26,27)20-12-6-14-29-20/h1-4,6-10,12,14-15,19,21,24H,5,11,13H2,(H,23,25)/t19-,21+/m1/s1. The van der Waals surface area contributed by atoms with Gasteiger partial charge in [-0.15, -0.1) is 11.3 Å². The van der Waals surface area contributed by atoms with E-state index in [-0.39, 0.29) is 22.3 Å². The third kappa shape index (κ3) is 4.72. The van der Waals surface area contributed by atoms with E-state index in [9.17, 15) is 13.2 Å². The van der Waals surface area contributed by atoms with Crippen molar-refractivity contribution in [1.82, 2.24) is 5.32 Å². The van der Waals surface area contributed by atoms with Crippen molar-refractivity contribution in [3.05, 3.63) is 83.2 Å². The maximum atomic E-state index is 13.0. The van der Waals surface area contributed by atoms with Crippen LogP contribution in [0.2, 0.25) is 0 Å². The Hall–Kier alpha value is -2.68. The molecule has 1 fully saturated rings. The van der Waals surface area contributed by atoms with Crippen molar-refractivity contribution in [3.8, 4) is 0 Å². The molecule has 8 heteroatoms. The van der Waals surface area contributed by atoms with Gasteiger partial charge in [-0.3, -0.25) is 9.52 Å². The number of anilines is 1. The molecule has 2 aromatic carbocycles. The third-order valence-corrected chi connectivity index (χ3v) is 7.70. The SMILES string of the molecule is O=C(N[C@@H](c1ccccc1)[C@H]1CCCO1)c1cccc(NS(=O)(=O)c2cccs2)c1. The number of amides is 1. The second-order valence-electron chi connectivity index (χ2n) is 7.03. The summed E-state index contributed by atoms with van der Waals surface area (Å²) in [6, 6.07) is 19.2. The number of sulfonamides is 1. The van der Waals surface area contributed by atoms with Gasteiger partial charge in [-0.1, -0.05) is 42.5 Å². The Kier molecular flexibility index (Phi) is 6.17. The third-order valence-electron chi connectivity index (χ3n) is 4.92. The lowest BCUT2D eigenvalue weighted by molar-refractivity contribution is 0.0672. The van der Waals surface area contributed by atoms with Crippen LogP contribution in [0.15, 0.2) is 76.3 Å². The minimum Gasteiger partial charge on any atom is -0.376 e. The molecule has 0 aliphatic carbocycles. The number of hydrogen-bond donors (Lipinski definition) is 2. The Morgan fingerprint density at radius 3 is 2.60 bits per heavy atom. The molecule has 30 heavy (non-hydrogen) atoms. The van der Waals surface area contributed by atoms with E-state index in [2.05, 4.69) is 10.0 Å². The molecule has 1 amide bonds. The predicted molar refractivity (Wildman–Crippen MR) is 117 cm³/mol. The second kappa shape index (κ2) is 8.99. The van der Waals surface area contributed by atoms with E-state index in [1.165, 1.54) is 12.1 Å². The number of nitrogens with one attached hydrogen (secondary N) is 2. The van der Waals surface area contributed by atoms with Gasteiger partial charge in [-0.2, -0.15) is 0 Å². The predicted octanol–water partition coefficient (Wildman–Crippen LogP) is 4.20. The molecule has 2 atom stereocenters. The summed E-state index contributed by atoms with van der Waals surface area (Å²) in [5.74, 6) is -0.281. The van der Waals surface area contributed by atoms with E-state index in [4.69, 9.17) is 4.74 Å². The summed E-state index contributed by atoms with van der Waals surface area (Å²) in [7, 11) is -3.67. The molecule has 3 aromatic rings. The number of benzene rings is 2. The minimum atomic E-state index is -3.67. The van der Waals surface area contributed by atoms with Gasteiger partial charge in [-0.25, -0.2) is 8.42 Å². The van der Waals surface area contributed by atoms with Crippen LogP contribution in [0.3, 0.4) is 0 Å². The highest BCUT2D eigenvalue weighted by atomic mass is 32.2. The summed E-state index contributed by atoms with van der Waals surface area (Å²) in [4.78, 5) is 13.0. The van der Waals surface area contributed by atoms with Crippen LogP contribution in [-0.4, -0.2) is 27.0 Å². The van der Waals surface area contributed by atoms with Crippen LogP contribution in [0.1, 0.15) is 34.8 Å². The Balaban J connectivity index is 1.53. The lowest BCUT2D eigenvalue weighted by Crippen LogP contribution is -2.36. The molecule has 1 aliphatic rings. The molecule has 0 spiro atoms. The van der Waals surface area contributed by atoms with E-state index < -0.39 is 10.0 Å². The minimum absolute atomic E-state index is 0.0862. The summed E-state index contributed by atoms with van der Waals surface area (Å²) < 4.78 is 33.5. The molecule has 6 nitrogen and oxygen atoms in total. The molecule has 2 N–H and O–H groups in total. The Labute approximate surface area is 180 Å². The van der Waals surface area contributed by atoms with Gasteiger partial charge >= 0.3 is 0 Å². The summed E-state index contributed by atoms with van der Waals surface area (Å²) in [6.07, 6.45) is 1.75. The number of ether oxygens (including phenoxy) is 1. The highest BCUT2D eigenvalue weighted by Crippen LogP contribution is 2.27. The molecule has 0 unspecified atom stereocenters. The zero-order valence-corrected chi connectivity index (χ0v) is 17.8. The molecule has 1 aromatic heterocycles. The molecule has 4 rings (SSSR count). The number of carbonyl (C=O) groups is 1. The summed E-state index contributed by atoms with van der Waals surface area (Å²) in [5.41, 5.74) is 1.69. The van der Waals surface area contributed by atoms with Crippen molar-refractivity contribution in [3.63, 3.8) is 0 Å². The Morgan fingerprint density at radius 1 is 1.07 bits per heavy atom. The van der Waals surface area contributed by atoms with Crippen LogP contribution >= 0.6 is 11.3 Å². The second-order valence-corrected chi connectivity index (χ2v) is 9.89. The fourth-order valence-corrected chi connectivity index (χ4v) is 5.53. The van der Waals surface area contributed by atoms with Crippen molar-refractivity contribution in [2.75, 3.05) is 11.3 Å². The normalized spacial score (nSPS) is 17.4. The number of rotatable bonds is 7. The van der Waals surface area contributed by atoms with E-state index in [1.54, 1.807) is 29.6 Å². The first-order valence-electron chi connectivity index (χ1n) is 9.67. The summed E-state index contributed by atoms with van der Waals surface area (Å²) in [6.45, 7) is 0.684. The van der Waals surface area contributed by atoms with Crippen molar-refractivity contribution in [2.24, 2.45) is 0 Å². The quantitative estimate of drug-likeness (QED) is 0.574. The molecule has 1 aliphatic heterocycles. The highest BCUT2D eigenvalue weighted by molar-refractivity contribution is 7.94. The summed E-state index contributed by atoms with van der Waals surface area (Å²) in [5, 5.41) is 4.77.